The standard InChI is InChI=1S/C16H25N3O/c1-3-17-10-12-18(13-11-17)14-16(20)19(4-2)15-8-6-5-7-9-15/h5-9H,3-4,10-14H2,1-2H3. The van der Waals surface area contributed by atoms with E-state index in [9.17, 15) is 4.79 Å². The molecule has 0 saturated carbocycles. The maximum atomic E-state index is 12.5. The van der Waals surface area contributed by atoms with Crippen LogP contribution in [0.5, 0.6) is 0 Å². The molecule has 0 atom stereocenters. The van der Waals surface area contributed by atoms with E-state index in [1.807, 2.05) is 42.2 Å². The molecule has 1 aromatic rings. The molecular weight excluding hydrogens is 250 g/mol. The zero-order valence-corrected chi connectivity index (χ0v) is 12.6. The summed E-state index contributed by atoms with van der Waals surface area (Å²) in [6.45, 7) is 10.7. The average Bonchev–Trinajstić information content (AvgIpc) is 2.50. The highest BCUT2D eigenvalue weighted by Gasteiger charge is 2.21. The first kappa shape index (κ1) is 15.0. The van der Waals surface area contributed by atoms with E-state index in [1.165, 1.54) is 0 Å². The number of piperazine rings is 1. The maximum absolute atomic E-state index is 12.5. The largest absolute Gasteiger partial charge is 0.312 e. The minimum atomic E-state index is 0.198. The van der Waals surface area contributed by atoms with E-state index in [0.29, 0.717) is 6.54 Å². The van der Waals surface area contributed by atoms with Crippen LogP contribution in [0.3, 0.4) is 0 Å². The van der Waals surface area contributed by atoms with Gasteiger partial charge in [0.05, 0.1) is 6.54 Å². The number of carbonyl (C=O) groups excluding carboxylic acids is 1. The first-order valence-corrected chi connectivity index (χ1v) is 7.54. The summed E-state index contributed by atoms with van der Waals surface area (Å²) in [5.74, 6) is 0.198. The van der Waals surface area contributed by atoms with Crippen molar-refractivity contribution in [1.29, 1.82) is 0 Å². The van der Waals surface area contributed by atoms with Gasteiger partial charge in [-0.15, -0.1) is 0 Å². The van der Waals surface area contributed by atoms with Crippen molar-refractivity contribution in [3.63, 3.8) is 0 Å². The summed E-state index contributed by atoms with van der Waals surface area (Å²) < 4.78 is 0. The van der Waals surface area contributed by atoms with Crippen molar-refractivity contribution in [3.8, 4) is 0 Å². The minimum absolute atomic E-state index is 0.198. The predicted molar refractivity (Wildman–Crippen MR) is 83.0 cm³/mol. The van der Waals surface area contributed by atoms with Crippen molar-refractivity contribution in [3.05, 3.63) is 30.3 Å². The third kappa shape index (κ3) is 3.81. The summed E-state index contributed by atoms with van der Waals surface area (Å²) in [6.07, 6.45) is 0. The number of hydrogen-bond donors (Lipinski definition) is 0. The number of nitrogens with zero attached hydrogens (tertiary/aromatic N) is 3. The summed E-state index contributed by atoms with van der Waals surface area (Å²) in [5.41, 5.74) is 0.993. The van der Waals surface area contributed by atoms with Gasteiger partial charge in [0.15, 0.2) is 0 Å². The molecule has 1 fully saturated rings. The lowest BCUT2D eigenvalue weighted by Gasteiger charge is -2.34. The van der Waals surface area contributed by atoms with Crippen LogP contribution in [0.4, 0.5) is 5.69 Å². The zero-order chi connectivity index (χ0) is 14.4. The molecule has 0 aliphatic carbocycles. The number of carbonyl (C=O) groups is 1. The molecule has 1 amide bonds. The van der Waals surface area contributed by atoms with Gasteiger partial charge in [0.1, 0.15) is 0 Å². The highest BCUT2D eigenvalue weighted by molar-refractivity contribution is 5.94. The molecule has 0 N–H and O–H groups in total. The van der Waals surface area contributed by atoms with E-state index in [4.69, 9.17) is 0 Å². The third-order valence-electron chi connectivity index (χ3n) is 3.96. The molecule has 1 aliphatic heterocycles. The molecule has 1 saturated heterocycles. The molecule has 4 heteroatoms. The van der Waals surface area contributed by atoms with Gasteiger partial charge in [-0.1, -0.05) is 25.1 Å². The number of likely N-dealkylation sites (N-methyl/N-ethyl adjacent to an activating group) is 2. The van der Waals surface area contributed by atoms with Crippen LogP contribution in [0, 0.1) is 0 Å². The number of para-hydroxylation sites is 1. The molecule has 0 radical (unpaired) electrons. The molecule has 110 valence electrons. The summed E-state index contributed by atoms with van der Waals surface area (Å²) in [6, 6.07) is 9.93. The van der Waals surface area contributed by atoms with Crippen molar-refractivity contribution < 1.29 is 4.79 Å². The minimum Gasteiger partial charge on any atom is -0.312 e. The Balaban J connectivity index is 1.90. The smallest absolute Gasteiger partial charge is 0.241 e. The SMILES string of the molecule is CCN1CCN(CC(=O)N(CC)c2ccccc2)CC1. The number of anilines is 1. The van der Waals surface area contributed by atoms with Crippen LogP contribution in [0.1, 0.15) is 13.8 Å². The van der Waals surface area contributed by atoms with Gasteiger partial charge in [0.25, 0.3) is 0 Å². The molecule has 0 aromatic heterocycles. The van der Waals surface area contributed by atoms with Crippen molar-refractivity contribution in [2.24, 2.45) is 0 Å². The summed E-state index contributed by atoms with van der Waals surface area (Å²) in [4.78, 5) is 19.0. The number of amides is 1. The Morgan fingerprint density at radius 1 is 1.05 bits per heavy atom. The molecular formula is C16H25N3O. The van der Waals surface area contributed by atoms with Crippen molar-refractivity contribution in [1.82, 2.24) is 9.80 Å². The highest BCUT2D eigenvalue weighted by Crippen LogP contribution is 2.13. The Bertz CT molecular complexity index is 413. The van der Waals surface area contributed by atoms with Gasteiger partial charge in [-0.05, 0) is 25.6 Å². The summed E-state index contributed by atoms with van der Waals surface area (Å²) in [5, 5.41) is 0. The zero-order valence-electron chi connectivity index (χ0n) is 12.6. The summed E-state index contributed by atoms with van der Waals surface area (Å²) in [7, 11) is 0. The van der Waals surface area contributed by atoms with Crippen molar-refractivity contribution in [2.45, 2.75) is 13.8 Å². The Morgan fingerprint density at radius 2 is 1.65 bits per heavy atom. The molecule has 4 nitrogen and oxygen atoms in total. The second kappa shape index (κ2) is 7.41. The van der Waals surface area contributed by atoms with Crippen LogP contribution in [0.25, 0.3) is 0 Å². The Kier molecular flexibility index (Phi) is 5.56. The average molecular weight is 275 g/mol. The molecule has 0 bridgehead atoms. The molecule has 1 heterocycles. The van der Waals surface area contributed by atoms with Gasteiger partial charge in [-0.2, -0.15) is 0 Å². The molecule has 1 aromatic carbocycles. The van der Waals surface area contributed by atoms with Crippen LogP contribution in [-0.4, -0.2) is 61.5 Å². The van der Waals surface area contributed by atoms with E-state index in [-0.39, 0.29) is 5.91 Å². The quantitative estimate of drug-likeness (QED) is 0.818. The van der Waals surface area contributed by atoms with E-state index in [2.05, 4.69) is 16.7 Å². The van der Waals surface area contributed by atoms with Gasteiger partial charge >= 0.3 is 0 Å². The van der Waals surface area contributed by atoms with Gasteiger partial charge < -0.3 is 9.80 Å². The lowest BCUT2D eigenvalue weighted by Crippen LogP contribution is -2.50. The number of rotatable bonds is 5. The molecule has 1 aliphatic rings. The first-order valence-electron chi connectivity index (χ1n) is 7.54. The molecule has 2 rings (SSSR count). The van der Waals surface area contributed by atoms with Crippen molar-refractivity contribution >= 4 is 11.6 Å². The van der Waals surface area contributed by atoms with E-state index >= 15 is 0 Å². The molecule has 20 heavy (non-hydrogen) atoms. The fourth-order valence-electron chi connectivity index (χ4n) is 2.65. The Labute approximate surface area is 122 Å². The third-order valence-corrected chi connectivity index (χ3v) is 3.96. The number of hydrogen-bond acceptors (Lipinski definition) is 3. The highest BCUT2D eigenvalue weighted by atomic mass is 16.2. The first-order chi connectivity index (χ1) is 9.74. The lowest BCUT2D eigenvalue weighted by molar-refractivity contribution is -0.120. The van der Waals surface area contributed by atoms with Gasteiger partial charge in [0, 0.05) is 38.4 Å². The predicted octanol–water partition coefficient (Wildman–Crippen LogP) is 1.68. The monoisotopic (exact) mass is 275 g/mol. The van der Waals surface area contributed by atoms with Crippen LogP contribution in [0.15, 0.2) is 30.3 Å². The van der Waals surface area contributed by atoms with Crippen molar-refractivity contribution in [2.75, 3.05) is 50.7 Å². The Hall–Kier alpha value is -1.39. The lowest BCUT2D eigenvalue weighted by atomic mass is 10.2. The van der Waals surface area contributed by atoms with E-state index in [1.54, 1.807) is 0 Å². The molecule has 0 unspecified atom stereocenters. The fraction of sp³-hybridized carbons (Fsp3) is 0.562. The van der Waals surface area contributed by atoms with Crippen LogP contribution in [-0.2, 0) is 4.79 Å². The van der Waals surface area contributed by atoms with Gasteiger partial charge in [-0.25, -0.2) is 0 Å². The molecule has 0 spiro atoms. The van der Waals surface area contributed by atoms with Gasteiger partial charge in [0.2, 0.25) is 5.91 Å². The van der Waals surface area contributed by atoms with Crippen LogP contribution >= 0.6 is 0 Å². The topological polar surface area (TPSA) is 26.8 Å². The maximum Gasteiger partial charge on any atom is 0.241 e. The van der Waals surface area contributed by atoms with Crippen LogP contribution < -0.4 is 4.90 Å². The van der Waals surface area contributed by atoms with Gasteiger partial charge in [-0.3, -0.25) is 9.69 Å². The second-order valence-corrected chi connectivity index (χ2v) is 5.18. The summed E-state index contributed by atoms with van der Waals surface area (Å²) >= 11 is 0. The van der Waals surface area contributed by atoms with Crippen LogP contribution in [0.2, 0.25) is 0 Å². The second-order valence-electron chi connectivity index (χ2n) is 5.18. The normalized spacial score (nSPS) is 17.1. The van der Waals surface area contributed by atoms with E-state index < -0.39 is 0 Å². The number of benzene rings is 1. The Morgan fingerprint density at radius 3 is 2.20 bits per heavy atom. The fourth-order valence-corrected chi connectivity index (χ4v) is 2.65. The van der Waals surface area contributed by atoms with E-state index in [0.717, 1.165) is 45.0 Å².